The van der Waals surface area contributed by atoms with Crippen LogP contribution in [0.25, 0.3) is 10.8 Å². The van der Waals surface area contributed by atoms with E-state index in [1.54, 1.807) is 0 Å². The highest BCUT2D eigenvalue weighted by molar-refractivity contribution is 5.93. The second-order valence-electron chi connectivity index (χ2n) is 7.62. The highest BCUT2D eigenvalue weighted by Gasteiger charge is 2.23. The second kappa shape index (κ2) is 8.26. The van der Waals surface area contributed by atoms with Gasteiger partial charge in [-0.15, -0.1) is 5.10 Å². The van der Waals surface area contributed by atoms with Crippen molar-refractivity contribution in [1.29, 1.82) is 0 Å². The molecule has 7 heteroatoms. The summed E-state index contributed by atoms with van der Waals surface area (Å²) in [5.74, 6) is -0.361. The number of hydrogen-bond donors (Lipinski definition) is 0. The van der Waals surface area contributed by atoms with Crippen LogP contribution in [0.3, 0.4) is 0 Å². The first-order valence-electron chi connectivity index (χ1n) is 10.3. The fraction of sp³-hybridized carbons (Fsp3) is 0.208. The third kappa shape index (κ3) is 3.91. The number of halogens is 2. The standard InChI is InChI=1S/C24H21F2N5/c25-18-15-22(23(26)27-16-18)30-10-12-31(13-11-30)24-20-9-5-4-8-19(20)21(28-29-24)14-17-6-2-1-3-7-17/h1-9,15-16H,10-14H2. The summed E-state index contributed by atoms with van der Waals surface area (Å²) in [6.45, 7) is 2.35. The van der Waals surface area contributed by atoms with E-state index in [0.717, 1.165) is 28.5 Å². The van der Waals surface area contributed by atoms with Gasteiger partial charge in [0.05, 0.1) is 17.6 Å². The topological polar surface area (TPSA) is 45.2 Å². The van der Waals surface area contributed by atoms with Crippen molar-refractivity contribution in [3.63, 3.8) is 0 Å². The van der Waals surface area contributed by atoms with Crippen LogP contribution in [-0.4, -0.2) is 41.4 Å². The zero-order chi connectivity index (χ0) is 21.2. The third-order valence-electron chi connectivity index (χ3n) is 5.67. The summed E-state index contributed by atoms with van der Waals surface area (Å²) in [6.07, 6.45) is 1.61. The zero-order valence-electron chi connectivity index (χ0n) is 16.9. The normalized spacial score (nSPS) is 14.3. The van der Waals surface area contributed by atoms with Gasteiger partial charge in [0.25, 0.3) is 0 Å². The van der Waals surface area contributed by atoms with Gasteiger partial charge in [-0.1, -0.05) is 54.6 Å². The number of pyridine rings is 1. The number of rotatable bonds is 4. The summed E-state index contributed by atoms with van der Waals surface area (Å²) in [4.78, 5) is 7.47. The third-order valence-corrected chi connectivity index (χ3v) is 5.67. The monoisotopic (exact) mass is 417 g/mol. The molecule has 5 nitrogen and oxygen atoms in total. The van der Waals surface area contributed by atoms with E-state index in [9.17, 15) is 8.78 Å². The van der Waals surface area contributed by atoms with E-state index in [0.29, 0.717) is 32.6 Å². The van der Waals surface area contributed by atoms with Crippen molar-refractivity contribution in [3.05, 3.63) is 89.9 Å². The van der Waals surface area contributed by atoms with Crippen LogP contribution in [0, 0.1) is 11.8 Å². The van der Waals surface area contributed by atoms with Gasteiger partial charge >= 0.3 is 0 Å². The van der Waals surface area contributed by atoms with E-state index < -0.39 is 11.8 Å². The van der Waals surface area contributed by atoms with E-state index in [-0.39, 0.29) is 5.69 Å². The van der Waals surface area contributed by atoms with Crippen LogP contribution in [0.15, 0.2) is 66.9 Å². The Morgan fingerprint density at radius 2 is 1.45 bits per heavy atom. The Labute approximate surface area is 179 Å². The minimum absolute atomic E-state index is 0.203. The molecular weight excluding hydrogens is 396 g/mol. The van der Waals surface area contributed by atoms with Gasteiger partial charge in [-0.2, -0.15) is 9.49 Å². The SMILES string of the molecule is Fc1cnc(F)c(N2CCN(c3nnc(Cc4ccccc4)c4ccccc34)CC2)c1. The van der Waals surface area contributed by atoms with Gasteiger partial charge in [0, 0.05) is 49.4 Å². The highest BCUT2D eigenvalue weighted by Crippen LogP contribution is 2.29. The summed E-state index contributed by atoms with van der Waals surface area (Å²) in [5.41, 5.74) is 2.33. The number of anilines is 2. The van der Waals surface area contributed by atoms with Crippen LogP contribution in [0.2, 0.25) is 0 Å². The molecule has 156 valence electrons. The molecule has 0 radical (unpaired) electrons. The molecule has 1 fully saturated rings. The average molecular weight is 417 g/mol. The van der Waals surface area contributed by atoms with Crippen molar-refractivity contribution < 1.29 is 8.78 Å². The molecule has 0 spiro atoms. The molecule has 0 aliphatic carbocycles. The predicted molar refractivity (Wildman–Crippen MR) is 117 cm³/mol. The number of nitrogens with zero attached hydrogens (tertiary/aromatic N) is 5. The lowest BCUT2D eigenvalue weighted by Crippen LogP contribution is -2.47. The fourth-order valence-corrected chi connectivity index (χ4v) is 4.09. The van der Waals surface area contributed by atoms with E-state index in [1.165, 1.54) is 11.6 Å². The Balaban J connectivity index is 1.40. The Hall–Kier alpha value is -3.61. The van der Waals surface area contributed by atoms with Gasteiger partial charge in [-0.25, -0.2) is 9.37 Å². The summed E-state index contributed by atoms with van der Waals surface area (Å²) in [5, 5.41) is 11.3. The van der Waals surface area contributed by atoms with Gasteiger partial charge in [-0.3, -0.25) is 0 Å². The van der Waals surface area contributed by atoms with Crippen LogP contribution in [-0.2, 0) is 6.42 Å². The molecule has 0 saturated carbocycles. The van der Waals surface area contributed by atoms with Crippen LogP contribution in [0.4, 0.5) is 20.3 Å². The average Bonchev–Trinajstić information content (AvgIpc) is 2.82. The Kier molecular flexibility index (Phi) is 5.16. The lowest BCUT2D eigenvalue weighted by Gasteiger charge is -2.36. The predicted octanol–water partition coefficient (Wildman–Crippen LogP) is 4.22. The van der Waals surface area contributed by atoms with E-state index in [4.69, 9.17) is 0 Å². The van der Waals surface area contributed by atoms with Gasteiger partial charge < -0.3 is 9.80 Å². The van der Waals surface area contributed by atoms with Crippen LogP contribution in [0.5, 0.6) is 0 Å². The summed E-state index contributed by atoms with van der Waals surface area (Å²) in [6, 6.07) is 19.6. The molecule has 2 aromatic heterocycles. The second-order valence-corrected chi connectivity index (χ2v) is 7.62. The highest BCUT2D eigenvalue weighted by atomic mass is 19.1. The molecule has 31 heavy (non-hydrogen) atoms. The first kappa shape index (κ1) is 19.4. The summed E-state index contributed by atoms with van der Waals surface area (Å²) < 4.78 is 27.6. The smallest absolute Gasteiger partial charge is 0.236 e. The Morgan fingerprint density at radius 1 is 0.774 bits per heavy atom. The molecule has 0 bridgehead atoms. The number of benzene rings is 2. The molecule has 5 rings (SSSR count). The molecule has 0 N–H and O–H groups in total. The molecule has 0 unspecified atom stereocenters. The molecule has 4 aromatic rings. The van der Waals surface area contributed by atoms with Gasteiger partial charge in [0.15, 0.2) is 5.82 Å². The Bertz CT molecular complexity index is 1210. The largest absolute Gasteiger partial charge is 0.364 e. The maximum Gasteiger partial charge on any atom is 0.236 e. The van der Waals surface area contributed by atoms with Gasteiger partial charge in [-0.05, 0) is 5.56 Å². The van der Waals surface area contributed by atoms with Gasteiger partial charge in [0.2, 0.25) is 5.95 Å². The van der Waals surface area contributed by atoms with Crippen molar-refractivity contribution in [2.75, 3.05) is 36.0 Å². The number of piperazine rings is 1. The minimum atomic E-state index is -0.648. The van der Waals surface area contributed by atoms with E-state index >= 15 is 0 Å². The quantitative estimate of drug-likeness (QED) is 0.465. The van der Waals surface area contributed by atoms with Crippen molar-refractivity contribution in [3.8, 4) is 0 Å². The molecule has 0 amide bonds. The molecule has 1 aliphatic rings. The van der Waals surface area contributed by atoms with E-state index in [1.807, 2.05) is 35.2 Å². The fourth-order valence-electron chi connectivity index (χ4n) is 4.09. The van der Waals surface area contributed by atoms with Crippen molar-refractivity contribution >= 4 is 22.3 Å². The van der Waals surface area contributed by atoms with Crippen molar-refractivity contribution in [2.45, 2.75) is 6.42 Å². The zero-order valence-corrected chi connectivity index (χ0v) is 16.9. The maximum atomic E-state index is 14.1. The van der Waals surface area contributed by atoms with Gasteiger partial charge in [0.1, 0.15) is 5.82 Å². The number of fused-ring (bicyclic) bond motifs is 1. The summed E-state index contributed by atoms with van der Waals surface area (Å²) in [7, 11) is 0. The number of hydrogen-bond acceptors (Lipinski definition) is 5. The van der Waals surface area contributed by atoms with E-state index in [2.05, 4.69) is 44.3 Å². The van der Waals surface area contributed by atoms with Crippen molar-refractivity contribution in [1.82, 2.24) is 15.2 Å². The van der Waals surface area contributed by atoms with Crippen LogP contribution < -0.4 is 9.80 Å². The first-order valence-corrected chi connectivity index (χ1v) is 10.3. The minimum Gasteiger partial charge on any atom is -0.364 e. The molecule has 2 aromatic carbocycles. The molecule has 1 saturated heterocycles. The first-order chi connectivity index (χ1) is 15.2. The molecular formula is C24H21F2N5. The summed E-state index contributed by atoms with van der Waals surface area (Å²) >= 11 is 0. The Morgan fingerprint density at radius 3 is 2.23 bits per heavy atom. The maximum absolute atomic E-state index is 14.1. The number of aromatic nitrogens is 3. The van der Waals surface area contributed by atoms with Crippen LogP contribution >= 0.6 is 0 Å². The molecule has 1 aliphatic heterocycles. The lowest BCUT2D eigenvalue weighted by atomic mass is 10.0. The van der Waals surface area contributed by atoms with Crippen molar-refractivity contribution in [2.24, 2.45) is 0 Å². The van der Waals surface area contributed by atoms with Crippen LogP contribution in [0.1, 0.15) is 11.3 Å². The molecule has 3 heterocycles. The lowest BCUT2D eigenvalue weighted by molar-refractivity contribution is 0.545. The molecule has 0 atom stereocenters.